The van der Waals surface area contributed by atoms with E-state index in [2.05, 4.69) is 74.4 Å². The number of fused-ring (bicyclic) bond motifs is 2. The highest BCUT2D eigenvalue weighted by atomic mass is 127. The number of carbonyl (C=O) groups is 1. The molecule has 0 radical (unpaired) electrons. The molecule has 0 fully saturated rings. The number of allylic oxidation sites excluding steroid dienone is 1. The lowest BCUT2D eigenvalue weighted by Gasteiger charge is -2.24. The molecule has 2 heterocycles. The monoisotopic (exact) mass is 857 g/mol. The van der Waals surface area contributed by atoms with Crippen LogP contribution in [0.25, 0.3) is 16.8 Å². The molecule has 1 aliphatic heterocycles. The van der Waals surface area contributed by atoms with Gasteiger partial charge in [0.2, 0.25) is 0 Å². The van der Waals surface area contributed by atoms with E-state index in [-0.39, 0.29) is 23.4 Å². The molecule has 0 aliphatic carbocycles. The Labute approximate surface area is 294 Å². The number of thiazole rings is 1. The summed E-state index contributed by atoms with van der Waals surface area (Å²) in [5, 5.41) is 13.9. The molecule has 0 bridgehead atoms. The first-order chi connectivity index (χ1) is 22.2. The lowest BCUT2D eigenvalue weighted by Crippen LogP contribution is -2.40. The van der Waals surface area contributed by atoms with Crippen molar-refractivity contribution in [3.8, 4) is 5.75 Å². The van der Waals surface area contributed by atoms with Crippen molar-refractivity contribution in [2.75, 3.05) is 6.61 Å². The lowest BCUT2D eigenvalue weighted by molar-refractivity contribution is -0.384. The number of benzene rings is 4. The topological polar surface area (TPSA) is 113 Å². The maximum absolute atomic E-state index is 14.0. The van der Waals surface area contributed by atoms with E-state index in [1.54, 1.807) is 26.0 Å². The maximum Gasteiger partial charge on any atom is 0.338 e. The number of ether oxygens (including phenoxy) is 2. The van der Waals surface area contributed by atoms with Gasteiger partial charge in [0, 0.05) is 12.1 Å². The number of aromatic nitrogens is 1. The zero-order chi connectivity index (χ0) is 32.5. The lowest BCUT2D eigenvalue weighted by atomic mass is 9.95. The van der Waals surface area contributed by atoms with E-state index in [1.165, 1.54) is 34.1 Å². The van der Waals surface area contributed by atoms with Crippen molar-refractivity contribution in [1.29, 1.82) is 0 Å². The average molecular weight is 857 g/mol. The number of hydrogen-bond acceptors (Lipinski definition) is 8. The van der Waals surface area contributed by atoms with Crippen LogP contribution in [0, 0.1) is 17.3 Å². The van der Waals surface area contributed by atoms with Gasteiger partial charge in [-0.05, 0) is 105 Å². The molecule has 5 aromatic rings. The summed E-state index contributed by atoms with van der Waals surface area (Å²) < 4.78 is 15.2. The van der Waals surface area contributed by atoms with E-state index in [4.69, 9.17) is 9.47 Å². The molecule has 1 aromatic heterocycles. The fourth-order valence-corrected chi connectivity index (χ4v) is 8.61. The molecule has 0 amide bonds. The predicted octanol–water partition coefficient (Wildman–Crippen LogP) is 6.65. The van der Waals surface area contributed by atoms with Crippen LogP contribution in [0.2, 0.25) is 0 Å². The van der Waals surface area contributed by atoms with Crippen molar-refractivity contribution in [2.45, 2.75) is 26.5 Å². The Morgan fingerprint density at radius 3 is 2.52 bits per heavy atom. The highest BCUT2D eigenvalue weighted by Crippen LogP contribution is 2.33. The van der Waals surface area contributed by atoms with E-state index < -0.39 is 16.9 Å². The molecule has 1 aliphatic rings. The number of non-ortho nitro benzene ring substituents is 1. The van der Waals surface area contributed by atoms with Crippen LogP contribution < -0.4 is 19.6 Å². The van der Waals surface area contributed by atoms with Gasteiger partial charge in [0.1, 0.15) is 12.4 Å². The molecule has 232 valence electrons. The molecule has 9 nitrogen and oxygen atoms in total. The largest absolute Gasteiger partial charge is 0.487 e. The van der Waals surface area contributed by atoms with Gasteiger partial charge in [-0.1, -0.05) is 65.9 Å². The van der Waals surface area contributed by atoms with Crippen LogP contribution in [0.15, 0.2) is 99.9 Å². The first kappa shape index (κ1) is 32.1. The number of hydrogen-bond donors (Lipinski definition) is 0. The van der Waals surface area contributed by atoms with Crippen molar-refractivity contribution in [2.24, 2.45) is 4.99 Å². The number of esters is 1. The highest BCUT2D eigenvalue weighted by molar-refractivity contribution is 14.1. The first-order valence-electron chi connectivity index (χ1n) is 14.2. The van der Waals surface area contributed by atoms with Gasteiger partial charge in [0.05, 0.1) is 40.5 Å². The minimum atomic E-state index is -0.942. The third kappa shape index (κ3) is 6.25. The van der Waals surface area contributed by atoms with Crippen LogP contribution >= 0.6 is 56.5 Å². The molecule has 46 heavy (non-hydrogen) atoms. The molecule has 0 N–H and O–H groups in total. The number of nitro benzene ring substituents is 1. The molecular weight excluding hydrogens is 832 g/mol. The summed E-state index contributed by atoms with van der Waals surface area (Å²) in [6.07, 6.45) is 1.79. The van der Waals surface area contributed by atoms with Gasteiger partial charge in [-0.2, -0.15) is 0 Å². The Balaban J connectivity index is 1.39. The summed E-state index contributed by atoms with van der Waals surface area (Å²) in [6.45, 7) is 3.90. The Kier molecular flexibility index (Phi) is 9.38. The van der Waals surface area contributed by atoms with Gasteiger partial charge in [-0.3, -0.25) is 19.5 Å². The van der Waals surface area contributed by atoms with Crippen molar-refractivity contribution < 1.29 is 19.2 Å². The number of nitrogens with zero attached hydrogens (tertiary/aromatic N) is 3. The zero-order valence-corrected chi connectivity index (χ0v) is 29.7. The highest BCUT2D eigenvalue weighted by Gasteiger charge is 2.34. The SMILES string of the molecule is CCOC(=O)C1=C(C)N=c2s/c(=C/c3cc(I)c(OCc4cccc5ccccc45)c(I)c3)c(=O)n2[C@@H]1c1cccc([N+](=O)[O-])c1. The summed E-state index contributed by atoms with van der Waals surface area (Å²) in [5.41, 5.74) is 2.34. The fourth-order valence-electron chi connectivity index (χ4n) is 5.44. The minimum Gasteiger partial charge on any atom is -0.487 e. The molecule has 0 saturated carbocycles. The van der Waals surface area contributed by atoms with Gasteiger partial charge in [-0.25, -0.2) is 9.79 Å². The minimum absolute atomic E-state index is 0.126. The summed E-state index contributed by atoms with van der Waals surface area (Å²) in [5.74, 6) is 0.130. The van der Waals surface area contributed by atoms with E-state index in [1.807, 2.05) is 30.3 Å². The van der Waals surface area contributed by atoms with Crippen LogP contribution in [0.3, 0.4) is 0 Å². The normalized spacial score (nSPS) is 14.6. The second kappa shape index (κ2) is 13.5. The second-order valence-corrected chi connectivity index (χ2v) is 13.7. The Morgan fingerprint density at radius 1 is 1.07 bits per heavy atom. The van der Waals surface area contributed by atoms with Gasteiger partial charge in [-0.15, -0.1) is 0 Å². The summed E-state index contributed by atoms with van der Waals surface area (Å²) in [6, 6.07) is 23.3. The molecule has 6 rings (SSSR count). The van der Waals surface area contributed by atoms with Gasteiger partial charge >= 0.3 is 5.97 Å². The number of halogens is 2. The Morgan fingerprint density at radius 2 is 1.78 bits per heavy atom. The molecule has 1 atom stereocenters. The van der Waals surface area contributed by atoms with Crippen LogP contribution in [0.5, 0.6) is 5.75 Å². The average Bonchev–Trinajstić information content (AvgIpc) is 3.33. The smallest absolute Gasteiger partial charge is 0.338 e. The van der Waals surface area contributed by atoms with E-state index >= 15 is 0 Å². The van der Waals surface area contributed by atoms with E-state index in [0.717, 1.165) is 34.8 Å². The molecule has 0 spiro atoms. The zero-order valence-electron chi connectivity index (χ0n) is 24.5. The molecular formula is C34H25I2N3O6S. The maximum atomic E-state index is 14.0. The standard InChI is InChI=1S/C34H25I2N3O6S/c1-3-44-33(41)29-19(2)37-34-38(30(29)22-10-7-12-24(17-22)39(42)43)32(40)28(46-34)16-20-14-26(35)31(27(36)15-20)45-18-23-11-6-9-21-8-4-5-13-25(21)23/h4-17,30H,3,18H2,1-2H3/b28-16+/t30-/m1/s1. The third-order valence-electron chi connectivity index (χ3n) is 7.48. The van der Waals surface area contributed by atoms with Gasteiger partial charge in [0.25, 0.3) is 11.2 Å². The molecule has 0 unspecified atom stereocenters. The predicted molar refractivity (Wildman–Crippen MR) is 194 cm³/mol. The van der Waals surface area contributed by atoms with Gasteiger partial charge in [0.15, 0.2) is 4.80 Å². The molecule has 4 aromatic carbocycles. The van der Waals surface area contributed by atoms with E-state index in [9.17, 15) is 19.7 Å². The van der Waals surface area contributed by atoms with Crippen LogP contribution in [0.4, 0.5) is 5.69 Å². The van der Waals surface area contributed by atoms with Crippen molar-refractivity contribution in [3.05, 3.63) is 144 Å². The van der Waals surface area contributed by atoms with Crippen LogP contribution in [0.1, 0.15) is 36.6 Å². The molecule has 12 heteroatoms. The van der Waals surface area contributed by atoms with Crippen LogP contribution in [-0.4, -0.2) is 22.1 Å². The van der Waals surface area contributed by atoms with Crippen molar-refractivity contribution >= 4 is 85.0 Å². The van der Waals surface area contributed by atoms with Crippen molar-refractivity contribution in [3.63, 3.8) is 0 Å². The number of carbonyl (C=O) groups excluding carboxylic acids is 1. The Hall–Kier alpha value is -3.89. The van der Waals surface area contributed by atoms with Crippen molar-refractivity contribution in [1.82, 2.24) is 4.57 Å². The fraction of sp³-hybridized carbons (Fsp3) is 0.147. The second-order valence-electron chi connectivity index (χ2n) is 10.4. The summed E-state index contributed by atoms with van der Waals surface area (Å²) in [4.78, 5) is 43.2. The third-order valence-corrected chi connectivity index (χ3v) is 10.1. The quantitative estimate of drug-likeness (QED) is 0.0749. The number of nitro groups is 1. The number of rotatable bonds is 8. The summed E-state index contributed by atoms with van der Waals surface area (Å²) >= 11 is 5.67. The van der Waals surface area contributed by atoms with Gasteiger partial charge < -0.3 is 9.47 Å². The molecule has 0 saturated heterocycles. The Bertz CT molecular complexity index is 2230. The van der Waals surface area contributed by atoms with E-state index in [0.29, 0.717) is 27.2 Å². The van der Waals surface area contributed by atoms with Crippen LogP contribution in [-0.2, 0) is 16.1 Å². The summed E-state index contributed by atoms with van der Waals surface area (Å²) in [7, 11) is 0. The first-order valence-corrected chi connectivity index (χ1v) is 17.2.